The number of alkyl halides is 3. The standard InChI is InChI=1S/C25H25F3N4O5/c26-25(27,28)18-1-5-20(6-2-18)35-15-17-9-11-30(12-10-17)19-3-7-21(8-4-19)36-16-22-13-31-14-23(32(33)34)29-24(31)37-22/h1-8,14,17,22H,9-13,15-16H2/t22-/m1/s1. The third kappa shape index (κ3) is 5.89. The first-order valence-electron chi connectivity index (χ1n) is 11.9. The third-order valence-corrected chi connectivity index (χ3v) is 6.51. The Labute approximate surface area is 210 Å². The van der Waals surface area contributed by atoms with Crippen molar-refractivity contribution in [1.82, 2.24) is 9.55 Å². The third-order valence-electron chi connectivity index (χ3n) is 6.51. The van der Waals surface area contributed by atoms with E-state index in [-0.39, 0.29) is 17.9 Å². The molecule has 1 aromatic heterocycles. The van der Waals surface area contributed by atoms with E-state index >= 15 is 0 Å². The number of aromatic nitrogens is 2. The zero-order valence-corrected chi connectivity index (χ0v) is 19.8. The van der Waals surface area contributed by atoms with Gasteiger partial charge in [-0.1, -0.05) is 0 Å². The lowest BCUT2D eigenvalue weighted by Crippen LogP contribution is -2.35. The molecule has 12 heteroatoms. The number of fused-ring (bicyclic) bond motifs is 1. The van der Waals surface area contributed by atoms with Crippen LogP contribution in [0.25, 0.3) is 0 Å². The van der Waals surface area contributed by atoms with Crippen molar-refractivity contribution in [2.24, 2.45) is 5.92 Å². The van der Waals surface area contributed by atoms with Crippen molar-refractivity contribution >= 4 is 11.5 Å². The second-order valence-corrected chi connectivity index (χ2v) is 9.10. The number of nitrogens with zero attached hydrogens (tertiary/aromatic N) is 4. The summed E-state index contributed by atoms with van der Waals surface area (Å²) in [5.41, 5.74) is 0.399. The normalized spacial score (nSPS) is 17.8. The number of nitro groups is 1. The van der Waals surface area contributed by atoms with Gasteiger partial charge in [-0.15, -0.1) is 0 Å². The molecule has 0 amide bonds. The summed E-state index contributed by atoms with van der Waals surface area (Å²) in [5.74, 6) is 1.24. The van der Waals surface area contributed by atoms with Crippen LogP contribution in [-0.2, 0) is 12.7 Å². The first-order valence-corrected chi connectivity index (χ1v) is 11.9. The van der Waals surface area contributed by atoms with Gasteiger partial charge >= 0.3 is 18.0 Å². The van der Waals surface area contributed by atoms with Crippen LogP contribution in [0.15, 0.2) is 54.7 Å². The number of ether oxygens (including phenoxy) is 3. The molecule has 0 spiro atoms. The molecule has 2 aliphatic heterocycles. The largest absolute Gasteiger partial charge is 0.493 e. The van der Waals surface area contributed by atoms with Crippen LogP contribution < -0.4 is 19.1 Å². The number of hydrogen-bond acceptors (Lipinski definition) is 7. The van der Waals surface area contributed by atoms with E-state index in [9.17, 15) is 23.3 Å². The molecule has 0 aliphatic carbocycles. The molecule has 2 aromatic carbocycles. The summed E-state index contributed by atoms with van der Waals surface area (Å²) in [6.07, 6.45) is -1.42. The average Bonchev–Trinajstić information content (AvgIpc) is 3.46. The maximum Gasteiger partial charge on any atom is 0.416 e. The average molecular weight is 518 g/mol. The predicted molar refractivity (Wildman–Crippen MR) is 127 cm³/mol. The lowest BCUT2D eigenvalue weighted by Gasteiger charge is -2.33. The number of imidazole rings is 1. The van der Waals surface area contributed by atoms with Crippen LogP contribution in [0.1, 0.15) is 18.4 Å². The first-order chi connectivity index (χ1) is 17.7. The molecule has 1 atom stereocenters. The fourth-order valence-electron chi connectivity index (χ4n) is 4.45. The van der Waals surface area contributed by atoms with Crippen molar-refractivity contribution in [3.05, 3.63) is 70.4 Å². The number of anilines is 1. The SMILES string of the molecule is O=[N+]([O-])c1cn2c(n1)O[C@@H](COc1ccc(N3CCC(COc4ccc(C(F)(F)F)cc4)CC3)cc1)C2. The Balaban J connectivity index is 1.04. The lowest BCUT2D eigenvalue weighted by atomic mass is 9.97. The molecule has 37 heavy (non-hydrogen) atoms. The maximum atomic E-state index is 12.7. The van der Waals surface area contributed by atoms with E-state index in [1.165, 1.54) is 18.3 Å². The first kappa shape index (κ1) is 24.7. The van der Waals surface area contributed by atoms with E-state index in [2.05, 4.69) is 9.88 Å². The number of hydrogen-bond donors (Lipinski definition) is 0. The molecule has 0 saturated carbocycles. The van der Waals surface area contributed by atoms with E-state index < -0.39 is 16.7 Å². The van der Waals surface area contributed by atoms with Gasteiger partial charge < -0.3 is 29.2 Å². The smallest absolute Gasteiger partial charge is 0.416 e. The summed E-state index contributed by atoms with van der Waals surface area (Å²) in [5, 5.41) is 10.8. The van der Waals surface area contributed by atoms with Crippen molar-refractivity contribution in [2.45, 2.75) is 31.7 Å². The summed E-state index contributed by atoms with van der Waals surface area (Å²) in [4.78, 5) is 16.4. The predicted octanol–water partition coefficient (Wildman–Crippen LogP) is 4.95. The number of rotatable bonds is 8. The molecular formula is C25H25F3N4O5. The molecule has 196 valence electrons. The quantitative estimate of drug-likeness (QED) is 0.308. The van der Waals surface area contributed by atoms with Crippen molar-refractivity contribution in [3.8, 4) is 17.5 Å². The molecule has 9 nitrogen and oxygen atoms in total. The van der Waals surface area contributed by atoms with Gasteiger partial charge in [-0.2, -0.15) is 13.2 Å². The van der Waals surface area contributed by atoms with Crippen LogP contribution in [-0.4, -0.2) is 46.9 Å². The number of benzene rings is 2. The van der Waals surface area contributed by atoms with Crippen molar-refractivity contribution in [2.75, 3.05) is 31.2 Å². The van der Waals surface area contributed by atoms with Gasteiger partial charge in [0.25, 0.3) is 0 Å². The van der Waals surface area contributed by atoms with Gasteiger partial charge in [-0.25, -0.2) is 0 Å². The van der Waals surface area contributed by atoms with Gasteiger partial charge in [-0.3, -0.25) is 4.57 Å². The summed E-state index contributed by atoms with van der Waals surface area (Å²) in [7, 11) is 0. The van der Waals surface area contributed by atoms with E-state index in [4.69, 9.17) is 14.2 Å². The van der Waals surface area contributed by atoms with Gasteiger partial charge in [0.15, 0.2) is 6.10 Å². The Morgan fingerprint density at radius 2 is 1.62 bits per heavy atom. The summed E-state index contributed by atoms with van der Waals surface area (Å²) >= 11 is 0. The van der Waals surface area contributed by atoms with Crippen molar-refractivity contribution in [1.29, 1.82) is 0 Å². The van der Waals surface area contributed by atoms with Crippen molar-refractivity contribution < 1.29 is 32.3 Å². The molecule has 0 radical (unpaired) electrons. The number of piperidine rings is 1. The van der Waals surface area contributed by atoms with Gasteiger partial charge in [0.2, 0.25) is 0 Å². The second-order valence-electron chi connectivity index (χ2n) is 9.10. The summed E-state index contributed by atoms with van der Waals surface area (Å²) < 4.78 is 56.8. The molecule has 0 bridgehead atoms. The molecule has 3 heterocycles. The topological polar surface area (TPSA) is 91.9 Å². The van der Waals surface area contributed by atoms with E-state index in [1.807, 2.05) is 24.3 Å². The molecule has 1 fully saturated rings. The highest BCUT2D eigenvalue weighted by Crippen LogP contribution is 2.31. The van der Waals surface area contributed by atoms with E-state index in [1.54, 1.807) is 4.57 Å². The highest BCUT2D eigenvalue weighted by Gasteiger charge is 2.32. The van der Waals surface area contributed by atoms with E-state index in [0.29, 0.717) is 37.2 Å². The van der Waals surface area contributed by atoms with Crippen LogP contribution in [0.5, 0.6) is 17.5 Å². The Morgan fingerprint density at radius 3 is 2.22 bits per heavy atom. The van der Waals surface area contributed by atoms with Gasteiger partial charge in [0.05, 0.1) is 18.7 Å². The van der Waals surface area contributed by atoms with Crippen molar-refractivity contribution in [3.63, 3.8) is 0 Å². The van der Waals surface area contributed by atoms with Crippen LogP contribution in [0.3, 0.4) is 0 Å². The highest BCUT2D eigenvalue weighted by molar-refractivity contribution is 5.49. The van der Waals surface area contributed by atoms with Gasteiger partial charge in [0, 0.05) is 23.8 Å². The lowest BCUT2D eigenvalue weighted by molar-refractivity contribution is -0.389. The zero-order chi connectivity index (χ0) is 26.0. The van der Waals surface area contributed by atoms with Crippen LogP contribution >= 0.6 is 0 Å². The molecule has 0 N–H and O–H groups in total. The molecule has 2 aliphatic rings. The molecule has 1 saturated heterocycles. The Bertz CT molecular complexity index is 1200. The molecular weight excluding hydrogens is 493 g/mol. The molecule has 0 unspecified atom stereocenters. The fraction of sp³-hybridized carbons (Fsp3) is 0.400. The number of halogens is 3. The Morgan fingerprint density at radius 1 is 1.00 bits per heavy atom. The minimum atomic E-state index is -4.35. The Hall–Kier alpha value is -3.96. The van der Waals surface area contributed by atoms with Gasteiger partial charge in [-0.05, 0) is 72.2 Å². The van der Waals surface area contributed by atoms with Crippen LogP contribution in [0.4, 0.5) is 24.7 Å². The molecule has 3 aromatic rings. The highest BCUT2D eigenvalue weighted by atomic mass is 19.4. The van der Waals surface area contributed by atoms with E-state index in [0.717, 1.165) is 43.8 Å². The minimum Gasteiger partial charge on any atom is -0.493 e. The Kier molecular flexibility index (Phi) is 6.81. The monoisotopic (exact) mass is 518 g/mol. The minimum absolute atomic E-state index is 0.226. The van der Waals surface area contributed by atoms with Gasteiger partial charge in [0.1, 0.15) is 24.3 Å². The fourth-order valence-corrected chi connectivity index (χ4v) is 4.45. The second kappa shape index (κ2) is 10.2. The zero-order valence-electron chi connectivity index (χ0n) is 19.8. The summed E-state index contributed by atoms with van der Waals surface area (Å²) in [6.45, 7) is 2.92. The van der Waals surface area contributed by atoms with Crippen LogP contribution in [0, 0.1) is 16.0 Å². The molecule has 5 rings (SSSR count). The van der Waals surface area contributed by atoms with Crippen LogP contribution in [0.2, 0.25) is 0 Å². The maximum absolute atomic E-state index is 12.7. The summed E-state index contributed by atoms with van der Waals surface area (Å²) in [6, 6.07) is 12.8.